The Bertz CT molecular complexity index is 352. The van der Waals surface area contributed by atoms with Crippen molar-refractivity contribution in [3.63, 3.8) is 0 Å². The minimum atomic E-state index is -0.790. The summed E-state index contributed by atoms with van der Waals surface area (Å²) in [6.45, 7) is 3.94. The summed E-state index contributed by atoms with van der Waals surface area (Å²) < 4.78 is 4.99. The molecule has 1 aromatic rings. The molecule has 0 aliphatic rings. The Labute approximate surface area is 94.2 Å². The highest BCUT2D eigenvalue weighted by Crippen LogP contribution is 2.29. The van der Waals surface area contributed by atoms with Crippen LogP contribution in [0.4, 0.5) is 4.79 Å². The van der Waals surface area contributed by atoms with Crippen LogP contribution in [0.25, 0.3) is 0 Å². The lowest BCUT2D eigenvalue weighted by atomic mass is 10.0. The molecule has 2 N–H and O–H groups in total. The average molecular weight is 228 g/mol. The first kappa shape index (κ1) is 11.9. The summed E-state index contributed by atoms with van der Waals surface area (Å²) in [5.41, 5.74) is 6.82. The van der Waals surface area contributed by atoms with Crippen LogP contribution in [0.3, 0.4) is 0 Å². The van der Waals surface area contributed by atoms with Gasteiger partial charge in [-0.25, -0.2) is 4.79 Å². The van der Waals surface area contributed by atoms with Crippen molar-refractivity contribution < 1.29 is 9.53 Å². The molecule has 0 aliphatic heterocycles. The first-order valence-corrected chi connectivity index (χ1v) is 5.24. The maximum absolute atomic E-state index is 10.8. The first-order chi connectivity index (χ1) is 7.08. The van der Waals surface area contributed by atoms with Crippen molar-refractivity contribution in [1.82, 2.24) is 0 Å². The van der Waals surface area contributed by atoms with Crippen LogP contribution in [0.15, 0.2) is 12.1 Å². The van der Waals surface area contributed by atoms with E-state index in [0.29, 0.717) is 10.8 Å². The third kappa shape index (κ3) is 2.86. The monoisotopic (exact) mass is 227 g/mol. The van der Waals surface area contributed by atoms with E-state index >= 15 is 0 Å². The van der Waals surface area contributed by atoms with Gasteiger partial charge in [-0.05, 0) is 36.1 Å². The fraction of sp³-hybridized carbons (Fsp3) is 0.364. The molecule has 15 heavy (non-hydrogen) atoms. The second kappa shape index (κ2) is 5.03. The molecule has 0 aromatic heterocycles. The van der Waals surface area contributed by atoms with E-state index in [1.807, 2.05) is 13.8 Å². The molecule has 0 bridgehead atoms. The number of ether oxygens (including phenoxy) is 1. The smallest absolute Gasteiger partial charge is 0.409 e. The summed E-state index contributed by atoms with van der Waals surface area (Å²) in [6, 6.07) is 3.58. The van der Waals surface area contributed by atoms with Gasteiger partial charge in [-0.1, -0.05) is 25.4 Å². The molecule has 82 valence electrons. The molecule has 3 nitrogen and oxygen atoms in total. The number of halogens is 1. The van der Waals surface area contributed by atoms with Gasteiger partial charge in [0, 0.05) is 5.02 Å². The largest absolute Gasteiger partial charge is 0.410 e. The van der Waals surface area contributed by atoms with E-state index in [-0.39, 0.29) is 0 Å². The van der Waals surface area contributed by atoms with Crippen LogP contribution in [-0.2, 0) is 12.8 Å². The van der Waals surface area contributed by atoms with Crippen LogP contribution in [0.1, 0.15) is 25.0 Å². The van der Waals surface area contributed by atoms with Gasteiger partial charge < -0.3 is 10.5 Å². The Balaban J connectivity index is 3.23. The maximum Gasteiger partial charge on any atom is 0.409 e. The van der Waals surface area contributed by atoms with E-state index in [4.69, 9.17) is 22.1 Å². The lowest BCUT2D eigenvalue weighted by molar-refractivity contribution is 0.210. The van der Waals surface area contributed by atoms with Gasteiger partial charge in [0.25, 0.3) is 0 Å². The third-order valence-electron chi connectivity index (χ3n) is 2.17. The molecule has 0 atom stereocenters. The van der Waals surface area contributed by atoms with Gasteiger partial charge in [0.2, 0.25) is 0 Å². The van der Waals surface area contributed by atoms with Crippen LogP contribution in [0.2, 0.25) is 5.02 Å². The molecule has 0 fully saturated rings. The summed E-state index contributed by atoms with van der Waals surface area (Å²) >= 11 is 5.94. The Kier molecular flexibility index (Phi) is 3.97. The van der Waals surface area contributed by atoms with E-state index in [1.165, 1.54) is 0 Å². The Hall–Kier alpha value is -1.22. The van der Waals surface area contributed by atoms with Gasteiger partial charge in [0.1, 0.15) is 5.75 Å². The van der Waals surface area contributed by atoms with Crippen molar-refractivity contribution >= 4 is 17.7 Å². The molecular formula is C11H14ClNO2. The quantitative estimate of drug-likeness (QED) is 0.863. The predicted molar refractivity (Wildman–Crippen MR) is 60.4 cm³/mol. The number of hydrogen-bond acceptors (Lipinski definition) is 2. The number of rotatable bonds is 3. The zero-order valence-electron chi connectivity index (χ0n) is 8.84. The van der Waals surface area contributed by atoms with Gasteiger partial charge in [0.05, 0.1) is 0 Å². The third-order valence-corrected chi connectivity index (χ3v) is 2.39. The normalized spacial score (nSPS) is 10.1. The van der Waals surface area contributed by atoms with E-state index in [9.17, 15) is 4.79 Å². The second-order valence-corrected chi connectivity index (χ2v) is 3.62. The molecule has 0 unspecified atom stereocenters. The SMILES string of the molecule is CCc1cc(Cl)cc(CC)c1OC(N)=O. The van der Waals surface area contributed by atoms with Gasteiger partial charge in [-0.2, -0.15) is 0 Å². The summed E-state index contributed by atoms with van der Waals surface area (Å²) in [5.74, 6) is 0.553. The van der Waals surface area contributed by atoms with E-state index in [0.717, 1.165) is 24.0 Å². The van der Waals surface area contributed by atoms with Crippen molar-refractivity contribution in [2.24, 2.45) is 5.73 Å². The average Bonchev–Trinajstić information content (AvgIpc) is 2.19. The number of aryl methyl sites for hydroxylation is 2. The second-order valence-electron chi connectivity index (χ2n) is 3.18. The summed E-state index contributed by atoms with van der Waals surface area (Å²) in [7, 11) is 0. The zero-order valence-corrected chi connectivity index (χ0v) is 9.60. The van der Waals surface area contributed by atoms with Crippen LogP contribution in [0.5, 0.6) is 5.75 Å². The molecule has 0 spiro atoms. The van der Waals surface area contributed by atoms with E-state index < -0.39 is 6.09 Å². The standard InChI is InChI=1S/C11H14ClNO2/c1-3-7-5-9(12)6-8(4-2)10(7)15-11(13)14/h5-6H,3-4H2,1-2H3,(H2,13,14). The number of nitrogens with two attached hydrogens (primary N) is 1. The molecule has 0 heterocycles. The number of amides is 1. The highest BCUT2D eigenvalue weighted by Gasteiger charge is 2.11. The molecule has 0 aliphatic carbocycles. The van der Waals surface area contributed by atoms with E-state index in [1.54, 1.807) is 12.1 Å². The Morgan fingerprint density at radius 2 is 1.80 bits per heavy atom. The maximum atomic E-state index is 10.8. The summed E-state index contributed by atoms with van der Waals surface area (Å²) in [4.78, 5) is 10.8. The van der Waals surface area contributed by atoms with Crippen molar-refractivity contribution in [3.8, 4) is 5.75 Å². The molecule has 4 heteroatoms. The highest BCUT2D eigenvalue weighted by atomic mass is 35.5. The van der Waals surface area contributed by atoms with Crippen LogP contribution in [-0.4, -0.2) is 6.09 Å². The molecule has 1 rings (SSSR count). The minimum Gasteiger partial charge on any atom is -0.410 e. The molecule has 0 saturated heterocycles. The molecule has 0 radical (unpaired) electrons. The fourth-order valence-corrected chi connectivity index (χ4v) is 1.73. The number of hydrogen-bond donors (Lipinski definition) is 1. The Morgan fingerprint density at radius 1 is 1.33 bits per heavy atom. The minimum absolute atomic E-state index is 0.553. The number of primary amides is 1. The van der Waals surface area contributed by atoms with Gasteiger partial charge >= 0.3 is 6.09 Å². The van der Waals surface area contributed by atoms with Crippen molar-refractivity contribution in [2.75, 3.05) is 0 Å². The van der Waals surface area contributed by atoms with Crippen LogP contribution in [0, 0.1) is 0 Å². The van der Waals surface area contributed by atoms with Crippen molar-refractivity contribution in [1.29, 1.82) is 0 Å². The fourth-order valence-electron chi connectivity index (χ4n) is 1.47. The summed E-state index contributed by atoms with van der Waals surface area (Å²) in [5, 5.41) is 0.653. The van der Waals surface area contributed by atoms with Gasteiger partial charge in [0.15, 0.2) is 0 Å². The summed E-state index contributed by atoms with van der Waals surface area (Å²) in [6.07, 6.45) is 0.702. The Morgan fingerprint density at radius 3 is 2.13 bits per heavy atom. The van der Waals surface area contributed by atoms with Crippen LogP contribution < -0.4 is 10.5 Å². The topological polar surface area (TPSA) is 52.3 Å². The van der Waals surface area contributed by atoms with Crippen LogP contribution >= 0.6 is 11.6 Å². The van der Waals surface area contributed by atoms with Crippen molar-refractivity contribution in [2.45, 2.75) is 26.7 Å². The van der Waals surface area contributed by atoms with Gasteiger partial charge in [-0.3, -0.25) is 0 Å². The zero-order chi connectivity index (χ0) is 11.4. The van der Waals surface area contributed by atoms with Gasteiger partial charge in [-0.15, -0.1) is 0 Å². The lowest BCUT2D eigenvalue weighted by Crippen LogP contribution is -2.18. The number of benzene rings is 1. The lowest BCUT2D eigenvalue weighted by Gasteiger charge is -2.12. The number of carbonyl (C=O) groups is 1. The van der Waals surface area contributed by atoms with E-state index in [2.05, 4.69) is 0 Å². The highest BCUT2D eigenvalue weighted by molar-refractivity contribution is 6.30. The molecule has 0 saturated carbocycles. The number of carbonyl (C=O) groups excluding carboxylic acids is 1. The molecule has 1 aromatic carbocycles. The van der Waals surface area contributed by atoms with Crippen molar-refractivity contribution in [3.05, 3.63) is 28.3 Å². The first-order valence-electron chi connectivity index (χ1n) is 4.87. The predicted octanol–water partition coefficient (Wildman–Crippen LogP) is 2.92. The molecule has 1 amide bonds. The molecular weight excluding hydrogens is 214 g/mol.